The lowest BCUT2D eigenvalue weighted by molar-refractivity contribution is 0.0953. The van der Waals surface area contributed by atoms with Crippen molar-refractivity contribution in [2.75, 3.05) is 0 Å². The van der Waals surface area contributed by atoms with Gasteiger partial charge in [0.15, 0.2) is 0 Å². The highest BCUT2D eigenvalue weighted by Gasteiger charge is 2.06. The molecule has 0 atom stereocenters. The summed E-state index contributed by atoms with van der Waals surface area (Å²) < 4.78 is 4.77. The fourth-order valence-corrected chi connectivity index (χ4v) is 0.666. The number of aliphatic hydroxyl groups excluding tert-OH is 1. The number of furan rings is 1. The lowest BCUT2D eigenvalue weighted by atomic mass is 10.3. The molecule has 1 rings (SSSR count). The van der Waals surface area contributed by atoms with E-state index in [2.05, 4.69) is 0 Å². The second-order valence-electron chi connectivity index (χ2n) is 1.93. The van der Waals surface area contributed by atoms with Gasteiger partial charge < -0.3 is 9.52 Å². The maximum absolute atomic E-state index is 10.8. The molecule has 0 bridgehead atoms. The monoisotopic (exact) mass is 156 g/mol. The molecule has 0 unspecified atom stereocenters. The molecule has 0 aromatic carbocycles. The zero-order valence-corrected chi connectivity index (χ0v) is 5.70. The molecular weight excluding hydrogens is 148 g/mol. The van der Waals surface area contributed by atoms with Crippen LogP contribution in [0.3, 0.4) is 0 Å². The average molecular weight is 156 g/mol. The number of carbonyl (C=O) groups excluding carboxylic acids is 1. The van der Waals surface area contributed by atoms with E-state index in [4.69, 9.17) is 15.4 Å². The first kappa shape index (κ1) is 7.77. The molecule has 1 heterocycles. The van der Waals surface area contributed by atoms with Gasteiger partial charge in [-0.25, -0.2) is 5.84 Å². The minimum Gasteiger partial charge on any atom is -0.466 e. The molecule has 60 valence electrons. The molecule has 5 heteroatoms. The van der Waals surface area contributed by atoms with Crippen molar-refractivity contribution in [3.8, 4) is 0 Å². The quantitative estimate of drug-likeness (QED) is 0.302. The normalized spacial score (nSPS) is 9.64. The van der Waals surface area contributed by atoms with E-state index in [1.807, 2.05) is 5.43 Å². The molecule has 11 heavy (non-hydrogen) atoms. The van der Waals surface area contributed by atoms with Gasteiger partial charge in [-0.05, 0) is 6.07 Å². The lowest BCUT2D eigenvalue weighted by Crippen LogP contribution is -2.29. The third kappa shape index (κ3) is 1.57. The maximum atomic E-state index is 10.8. The Hall–Kier alpha value is -1.33. The van der Waals surface area contributed by atoms with E-state index in [9.17, 15) is 4.79 Å². The van der Waals surface area contributed by atoms with E-state index in [1.165, 1.54) is 12.3 Å². The Morgan fingerprint density at radius 3 is 3.00 bits per heavy atom. The molecule has 0 saturated carbocycles. The Morgan fingerprint density at radius 2 is 2.55 bits per heavy atom. The standard InChI is InChI=1S/C6H8N2O3/c7-8-6(10)4-1-5(2-9)11-3-4/h1,3,9H,2,7H2,(H,8,10). The number of hydrazine groups is 1. The molecule has 4 N–H and O–H groups in total. The maximum Gasteiger partial charge on any atom is 0.268 e. The van der Waals surface area contributed by atoms with E-state index in [-0.39, 0.29) is 6.61 Å². The number of hydrogen-bond acceptors (Lipinski definition) is 4. The van der Waals surface area contributed by atoms with Crippen molar-refractivity contribution in [1.82, 2.24) is 5.43 Å². The van der Waals surface area contributed by atoms with Crippen LogP contribution in [-0.4, -0.2) is 11.0 Å². The number of nitrogen functional groups attached to an aromatic ring is 1. The Kier molecular flexibility index (Phi) is 2.25. The Morgan fingerprint density at radius 1 is 1.82 bits per heavy atom. The molecule has 1 aromatic rings. The van der Waals surface area contributed by atoms with Crippen LogP contribution in [0.25, 0.3) is 0 Å². The van der Waals surface area contributed by atoms with Gasteiger partial charge in [-0.1, -0.05) is 0 Å². The highest BCUT2D eigenvalue weighted by atomic mass is 16.4. The minimum absolute atomic E-state index is 0.224. The Bertz CT molecular complexity index is 256. The number of rotatable bonds is 2. The van der Waals surface area contributed by atoms with E-state index in [0.29, 0.717) is 11.3 Å². The van der Waals surface area contributed by atoms with Gasteiger partial charge in [0.25, 0.3) is 5.91 Å². The molecule has 0 aliphatic heterocycles. The highest BCUT2D eigenvalue weighted by molar-refractivity contribution is 5.93. The Labute approximate surface area is 62.8 Å². The van der Waals surface area contributed by atoms with Crippen LogP contribution in [0.15, 0.2) is 16.7 Å². The van der Waals surface area contributed by atoms with Crippen molar-refractivity contribution in [3.05, 3.63) is 23.7 Å². The van der Waals surface area contributed by atoms with Gasteiger partial charge in [-0.15, -0.1) is 0 Å². The first-order valence-corrected chi connectivity index (χ1v) is 2.97. The number of hydrogen-bond donors (Lipinski definition) is 3. The molecule has 0 radical (unpaired) electrons. The number of nitrogens with two attached hydrogens (primary N) is 1. The van der Waals surface area contributed by atoms with Crippen LogP contribution in [0, 0.1) is 0 Å². The molecule has 0 saturated heterocycles. The van der Waals surface area contributed by atoms with Gasteiger partial charge in [0.1, 0.15) is 18.6 Å². The van der Waals surface area contributed by atoms with Crippen molar-refractivity contribution >= 4 is 5.91 Å². The molecule has 0 spiro atoms. The van der Waals surface area contributed by atoms with E-state index in [0.717, 1.165) is 0 Å². The summed E-state index contributed by atoms with van der Waals surface area (Å²) in [4.78, 5) is 10.8. The van der Waals surface area contributed by atoms with Gasteiger partial charge in [-0.2, -0.15) is 0 Å². The molecule has 0 aliphatic rings. The molecule has 1 amide bonds. The van der Waals surface area contributed by atoms with Crippen molar-refractivity contribution in [2.45, 2.75) is 6.61 Å². The zero-order chi connectivity index (χ0) is 8.27. The zero-order valence-electron chi connectivity index (χ0n) is 5.70. The summed E-state index contributed by atoms with van der Waals surface area (Å²) in [5.74, 6) is 4.75. The van der Waals surface area contributed by atoms with E-state index >= 15 is 0 Å². The lowest BCUT2D eigenvalue weighted by Gasteiger charge is -1.90. The molecular formula is C6H8N2O3. The van der Waals surface area contributed by atoms with Crippen LogP contribution in [0.4, 0.5) is 0 Å². The fraction of sp³-hybridized carbons (Fsp3) is 0.167. The van der Waals surface area contributed by atoms with Crippen LogP contribution < -0.4 is 11.3 Å². The number of amides is 1. The van der Waals surface area contributed by atoms with E-state index in [1.54, 1.807) is 0 Å². The van der Waals surface area contributed by atoms with Crippen molar-refractivity contribution < 1.29 is 14.3 Å². The minimum atomic E-state index is -0.437. The summed E-state index contributed by atoms with van der Waals surface area (Å²) in [5.41, 5.74) is 2.24. The molecule has 5 nitrogen and oxygen atoms in total. The molecule has 0 fully saturated rings. The van der Waals surface area contributed by atoms with Gasteiger partial charge in [0, 0.05) is 0 Å². The average Bonchev–Trinajstić information content (AvgIpc) is 2.50. The predicted octanol–water partition coefficient (Wildman–Crippen LogP) is -0.625. The van der Waals surface area contributed by atoms with Crippen molar-refractivity contribution in [1.29, 1.82) is 0 Å². The fourth-order valence-electron chi connectivity index (χ4n) is 0.666. The topological polar surface area (TPSA) is 88.5 Å². The second kappa shape index (κ2) is 3.18. The summed E-state index contributed by atoms with van der Waals surface area (Å²) in [6, 6.07) is 1.42. The highest BCUT2D eigenvalue weighted by Crippen LogP contribution is 2.06. The third-order valence-corrected chi connectivity index (χ3v) is 1.20. The van der Waals surface area contributed by atoms with Gasteiger partial charge >= 0.3 is 0 Å². The second-order valence-corrected chi connectivity index (χ2v) is 1.93. The first-order valence-electron chi connectivity index (χ1n) is 2.97. The van der Waals surface area contributed by atoms with Gasteiger partial charge in [-0.3, -0.25) is 10.2 Å². The van der Waals surface area contributed by atoms with Gasteiger partial charge in [0.2, 0.25) is 0 Å². The number of aliphatic hydroxyl groups is 1. The van der Waals surface area contributed by atoms with E-state index < -0.39 is 5.91 Å². The summed E-state index contributed by atoms with van der Waals surface area (Å²) in [6.45, 7) is -0.224. The Balaban J connectivity index is 2.80. The third-order valence-electron chi connectivity index (χ3n) is 1.20. The summed E-state index contributed by atoms with van der Waals surface area (Å²) >= 11 is 0. The largest absolute Gasteiger partial charge is 0.466 e. The molecule has 0 aliphatic carbocycles. The van der Waals surface area contributed by atoms with Gasteiger partial charge in [0.05, 0.1) is 5.56 Å². The smallest absolute Gasteiger partial charge is 0.268 e. The predicted molar refractivity (Wildman–Crippen MR) is 36.3 cm³/mol. The number of nitrogens with one attached hydrogen (secondary N) is 1. The summed E-state index contributed by atoms with van der Waals surface area (Å²) in [5, 5.41) is 8.55. The first-order chi connectivity index (χ1) is 5.27. The van der Waals surface area contributed by atoms with Crippen LogP contribution in [0.2, 0.25) is 0 Å². The number of carbonyl (C=O) groups is 1. The molecule has 1 aromatic heterocycles. The van der Waals surface area contributed by atoms with Crippen molar-refractivity contribution in [2.24, 2.45) is 5.84 Å². The van der Waals surface area contributed by atoms with Crippen LogP contribution in [-0.2, 0) is 6.61 Å². The van der Waals surface area contributed by atoms with Crippen LogP contribution in [0.5, 0.6) is 0 Å². The summed E-state index contributed by atoms with van der Waals surface area (Å²) in [6.07, 6.45) is 1.23. The van der Waals surface area contributed by atoms with Crippen LogP contribution in [0.1, 0.15) is 16.1 Å². The van der Waals surface area contributed by atoms with Crippen molar-refractivity contribution in [3.63, 3.8) is 0 Å². The van der Waals surface area contributed by atoms with Crippen LogP contribution >= 0.6 is 0 Å². The summed E-state index contributed by atoms with van der Waals surface area (Å²) in [7, 11) is 0. The SMILES string of the molecule is NNC(=O)c1coc(CO)c1.